The SMILES string of the molecule is CCCCCCCCOc1ccc(OCCCCCCCC)c(NC(=O)C(C(=O)C2(C)CC2)N2C(=O)C(OC)N(Cc3ccccc3)C2=O)c1. The first-order valence-electron chi connectivity index (χ1n) is 18.7. The number of hydrogen-bond acceptors (Lipinski definition) is 7. The first kappa shape index (κ1) is 38.9. The van der Waals surface area contributed by atoms with E-state index in [1.165, 1.54) is 57.0 Å². The number of amides is 4. The average molecular weight is 692 g/mol. The molecular formula is C40H57N3O7. The number of methoxy groups -OCH3 is 1. The quantitative estimate of drug-likeness (QED) is 0.0670. The van der Waals surface area contributed by atoms with Crippen LogP contribution in [0.1, 0.15) is 116 Å². The highest BCUT2D eigenvalue weighted by Crippen LogP contribution is 2.47. The molecule has 0 spiro atoms. The second-order valence-corrected chi connectivity index (χ2v) is 13.9. The molecule has 1 saturated heterocycles. The summed E-state index contributed by atoms with van der Waals surface area (Å²) in [6.07, 6.45) is 13.3. The number of carbonyl (C=O) groups excluding carboxylic acids is 4. The van der Waals surface area contributed by atoms with Crippen LogP contribution in [0, 0.1) is 5.41 Å². The Balaban J connectivity index is 1.55. The molecule has 0 radical (unpaired) electrons. The lowest BCUT2D eigenvalue weighted by Crippen LogP contribution is -2.54. The molecule has 2 aromatic rings. The van der Waals surface area contributed by atoms with Crippen LogP contribution in [0.25, 0.3) is 0 Å². The minimum Gasteiger partial charge on any atom is -0.494 e. The molecule has 10 nitrogen and oxygen atoms in total. The van der Waals surface area contributed by atoms with Crippen LogP contribution in [-0.4, -0.2) is 66.0 Å². The van der Waals surface area contributed by atoms with Gasteiger partial charge in [-0.3, -0.25) is 19.3 Å². The van der Waals surface area contributed by atoms with Gasteiger partial charge in [0.1, 0.15) is 11.5 Å². The van der Waals surface area contributed by atoms with Crippen molar-refractivity contribution in [1.29, 1.82) is 0 Å². The Morgan fingerprint density at radius 2 is 1.44 bits per heavy atom. The van der Waals surface area contributed by atoms with E-state index in [0.717, 1.165) is 42.6 Å². The van der Waals surface area contributed by atoms with Crippen molar-refractivity contribution < 1.29 is 33.4 Å². The van der Waals surface area contributed by atoms with Gasteiger partial charge in [0.05, 0.1) is 25.4 Å². The first-order valence-corrected chi connectivity index (χ1v) is 18.7. The summed E-state index contributed by atoms with van der Waals surface area (Å²) in [4.78, 5) is 58.0. The molecule has 50 heavy (non-hydrogen) atoms. The number of benzene rings is 2. The number of imide groups is 1. The normalized spacial score (nSPS) is 17.2. The Hall–Kier alpha value is -3.92. The number of unbranched alkanes of at least 4 members (excludes halogenated alkanes) is 10. The fourth-order valence-electron chi connectivity index (χ4n) is 6.26. The fourth-order valence-corrected chi connectivity index (χ4v) is 6.26. The molecule has 274 valence electrons. The van der Waals surface area contributed by atoms with Crippen LogP contribution in [0.2, 0.25) is 0 Å². The van der Waals surface area contributed by atoms with E-state index in [1.807, 2.05) is 36.4 Å². The van der Waals surface area contributed by atoms with E-state index in [0.29, 0.717) is 43.2 Å². The Morgan fingerprint density at radius 1 is 0.840 bits per heavy atom. The van der Waals surface area contributed by atoms with Gasteiger partial charge >= 0.3 is 6.03 Å². The first-order chi connectivity index (χ1) is 24.2. The molecule has 1 aliphatic heterocycles. The van der Waals surface area contributed by atoms with Crippen molar-refractivity contribution in [1.82, 2.24) is 9.80 Å². The maximum absolute atomic E-state index is 14.3. The van der Waals surface area contributed by atoms with Gasteiger partial charge in [-0.2, -0.15) is 0 Å². The molecule has 2 aliphatic rings. The Labute approximate surface area is 298 Å². The molecule has 0 bridgehead atoms. The number of rotatable bonds is 24. The van der Waals surface area contributed by atoms with Crippen LogP contribution < -0.4 is 14.8 Å². The molecule has 2 unspecified atom stereocenters. The van der Waals surface area contributed by atoms with Gasteiger partial charge < -0.3 is 19.5 Å². The van der Waals surface area contributed by atoms with Gasteiger partial charge in [0, 0.05) is 18.6 Å². The number of carbonyl (C=O) groups is 4. The molecule has 2 atom stereocenters. The maximum Gasteiger partial charge on any atom is 0.330 e. The Morgan fingerprint density at radius 3 is 2.04 bits per heavy atom. The number of hydrogen-bond donors (Lipinski definition) is 1. The van der Waals surface area contributed by atoms with Crippen LogP contribution >= 0.6 is 0 Å². The average Bonchev–Trinajstić information content (AvgIpc) is 3.83. The number of Topliss-reactive ketones (excluding diaryl/α,β-unsaturated/α-hetero) is 1. The monoisotopic (exact) mass is 691 g/mol. The summed E-state index contributed by atoms with van der Waals surface area (Å²) in [6, 6.07) is 12.0. The van der Waals surface area contributed by atoms with Crippen molar-refractivity contribution in [2.75, 3.05) is 25.6 Å². The lowest BCUT2D eigenvalue weighted by atomic mass is 9.95. The highest BCUT2D eigenvalue weighted by Gasteiger charge is 2.58. The van der Waals surface area contributed by atoms with Crippen molar-refractivity contribution in [2.24, 2.45) is 5.41 Å². The molecule has 1 aliphatic carbocycles. The number of anilines is 1. The van der Waals surface area contributed by atoms with Crippen molar-refractivity contribution in [3.63, 3.8) is 0 Å². The lowest BCUT2D eigenvalue weighted by molar-refractivity contribution is -0.147. The fraction of sp³-hybridized carbons (Fsp3) is 0.600. The summed E-state index contributed by atoms with van der Waals surface area (Å²) in [7, 11) is 1.33. The van der Waals surface area contributed by atoms with Crippen LogP contribution in [0.3, 0.4) is 0 Å². The molecule has 10 heteroatoms. The zero-order chi connectivity index (χ0) is 35.9. The number of nitrogens with zero attached hydrogens (tertiary/aromatic N) is 2. The molecule has 1 saturated carbocycles. The number of urea groups is 1. The van der Waals surface area contributed by atoms with Gasteiger partial charge in [0.2, 0.25) is 6.23 Å². The van der Waals surface area contributed by atoms with E-state index >= 15 is 0 Å². The molecule has 1 N–H and O–H groups in total. The largest absolute Gasteiger partial charge is 0.494 e. The highest BCUT2D eigenvalue weighted by molar-refractivity contribution is 6.20. The number of ether oxygens (including phenoxy) is 3. The maximum atomic E-state index is 14.3. The molecule has 4 amide bonds. The third-order valence-electron chi connectivity index (χ3n) is 9.68. The summed E-state index contributed by atoms with van der Waals surface area (Å²) in [5, 5.41) is 2.87. The smallest absolute Gasteiger partial charge is 0.330 e. The molecular weight excluding hydrogens is 634 g/mol. The van der Waals surface area contributed by atoms with Crippen LogP contribution in [0.15, 0.2) is 48.5 Å². The van der Waals surface area contributed by atoms with Crippen molar-refractivity contribution >= 4 is 29.3 Å². The van der Waals surface area contributed by atoms with Crippen molar-refractivity contribution in [3.8, 4) is 11.5 Å². The predicted octanol–water partition coefficient (Wildman–Crippen LogP) is 8.28. The van der Waals surface area contributed by atoms with E-state index in [1.54, 1.807) is 19.1 Å². The summed E-state index contributed by atoms with van der Waals surface area (Å²) in [5.74, 6) is -1.01. The summed E-state index contributed by atoms with van der Waals surface area (Å²) < 4.78 is 17.7. The predicted molar refractivity (Wildman–Crippen MR) is 194 cm³/mol. The van der Waals surface area contributed by atoms with E-state index in [4.69, 9.17) is 14.2 Å². The lowest BCUT2D eigenvalue weighted by Gasteiger charge is -2.27. The third kappa shape index (κ3) is 10.5. The molecule has 0 aromatic heterocycles. The molecule has 1 heterocycles. The standard InChI is InChI=1S/C40H57N3O7/c1-5-7-9-11-13-18-26-49-31-22-23-33(50-27-19-14-12-10-8-6-2)32(28-31)41-36(45)34(35(44)40(3)24-25-40)43-37(46)38(48-4)42(39(43)47)29-30-20-16-15-17-21-30/h15-17,20-23,28,34,38H,5-14,18-19,24-27,29H2,1-4H3,(H,41,45). The van der Waals surface area contributed by atoms with E-state index in [2.05, 4.69) is 19.2 Å². The van der Waals surface area contributed by atoms with Crippen molar-refractivity contribution in [2.45, 2.75) is 129 Å². The second-order valence-electron chi connectivity index (χ2n) is 13.9. The summed E-state index contributed by atoms with van der Waals surface area (Å²) in [6.45, 7) is 7.22. The number of ketones is 1. The number of nitrogens with one attached hydrogen (secondary N) is 1. The van der Waals surface area contributed by atoms with E-state index < -0.39 is 41.3 Å². The van der Waals surface area contributed by atoms with Gasteiger partial charge in [-0.25, -0.2) is 9.69 Å². The zero-order valence-electron chi connectivity index (χ0n) is 30.5. The van der Waals surface area contributed by atoms with E-state index in [9.17, 15) is 19.2 Å². The van der Waals surface area contributed by atoms with Gasteiger partial charge in [-0.15, -0.1) is 0 Å². The van der Waals surface area contributed by atoms with Crippen molar-refractivity contribution in [3.05, 3.63) is 54.1 Å². The van der Waals surface area contributed by atoms with Gasteiger partial charge in [0.15, 0.2) is 11.8 Å². The molecule has 2 fully saturated rings. The van der Waals surface area contributed by atoms with Crippen LogP contribution in [-0.2, 0) is 25.7 Å². The summed E-state index contributed by atoms with van der Waals surface area (Å²) in [5.41, 5.74) is 0.296. The van der Waals surface area contributed by atoms with E-state index in [-0.39, 0.29) is 6.54 Å². The van der Waals surface area contributed by atoms with Gasteiger partial charge in [0.25, 0.3) is 11.8 Å². The highest BCUT2D eigenvalue weighted by atomic mass is 16.5. The summed E-state index contributed by atoms with van der Waals surface area (Å²) >= 11 is 0. The van der Waals surface area contributed by atoms with Gasteiger partial charge in [-0.1, -0.05) is 115 Å². The minimum atomic E-state index is -1.68. The molecule has 4 rings (SSSR count). The third-order valence-corrected chi connectivity index (χ3v) is 9.68. The molecule has 2 aromatic carbocycles. The van der Waals surface area contributed by atoms with Crippen LogP contribution in [0.4, 0.5) is 10.5 Å². The zero-order valence-corrected chi connectivity index (χ0v) is 30.5. The minimum absolute atomic E-state index is 0.0780. The Kier molecular flexibility index (Phi) is 15.1. The van der Waals surface area contributed by atoms with Crippen LogP contribution in [0.5, 0.6) is 11.5 Å². The van der Waals surface area contributed by atoms with Gasteiger partial charge in [-0.05, 0) is 43.4 Å². The Bertz CT molecular complexity index is 1410. The topological polar surface area (TPSA) is 114 Å². The second kappa shape index (κ2) is 19.5.